The van der Waals surface area contributed by atoms with Crippen molar-refractivity contribution < 1.29 is 0 Å². The summed E-state index contributed by atoms with van der Waals surface area (Å²) in [6, 6.07) is 3.39. The third-order valence-electron chi connectivity index (χ3n) is 3.40. The van der Waals surface area contributed by atoms with E-state index in [2.05, 4.69) is 16.3 Å². The number of hydrogen-bond donors (Lipinski definition) is 1. The van der Waals surface area contributed by atoms with E-state index in [4.69, 9.17) is 17.5 Å². The quantitative estimate of drug-likeness (QED) is 0.761. The zero-order chi connectivity index (χ0) is 11.4. The Labute approximate surface area is 103 Å². The maximum Gasteiger partial charge on any atom is 0.169 e. The largest absolute Gasteiger partial charge is 0.360 e. The summed E-state index contributed by atoms with van der Waals surface area (Å²) in [5, 5.41) is 13.0. The highest BCUT2D eigenvalue weighted by molar-refractivity contribution is 7.80. The lowest BCUT2D eigenvalue weighted by molar-refractivity contribution is 0.402. The highest BCUT2D eigenvalue weighted by atomic mass is 32.1. The molecule has 0 aromatic rings. The number of rotatable bonds is 4. The number of nitrogens with zero attached hydrogens (tertiary/aromatic N) is 2. The van der Waals surface area contributed by atoms with Crippen molar-refractivity contribution in [3.05, 3.63) is 0 Å². The van der Waals surface area contributed by atoms with E-state index in [1.807, 2.05) is 0 Å². The molecule has 2 rings (SSSR count). The van der Waals surface area contributed by atoms with Crippen molar-refractivity contribution in [3.63, 3.8) is 0 Å². The Morgan fingerprint density at radius 2 is 2.00 bits per heavy atom. The lowest BCUT2D eigenvalue weighted by atomic mass is 10.2. The SMILES string of the molecule is N#CCCN(C(=S)NC1CCCC1)C1CC1. The lowest BCUT2D eigenvalue weighted by Gasteiger charge is -2.27. The molecule has 0 radical (unpaired) electrons. The average Bonchev–Trinajstić information content (AvgIpc) is 2.98. The second-order valence-corrected chi connectivity index (χ2v) is 5.15. The molecule has 2 aliphatic carbocycles. The van der Waals surface area contributed by atoms with Gasteiger partial charge in [0, 0.05) is 18.6 Å². The van der Waals surface area contributed by atoms with E-state index in [0.717, 1.165) is 11.7 Å². The highest BCUT2D eigenvalue weighted by Crippen LogP contribution is 2.27. The molecule has 0 saturated heterocycles. The van der Waals surface area contributed by atoms with Crippen molar-refractivity contribution in [2.24, 2.45) is 0 Å². The summed E-state index contributed by atoms with van der Waals surface area (Å²) in [6.45, 7) is 0.791. The summed E-state index contributed by atoms with van der Waals surface area (Å²) in [7, 11) is 0. The van der Waals surface area contributed by atoms with Crippen LogP contribution in [-0.2, 0) is 0 Å². The normalized spacial score (nSPS) is 20.4. The van der Waals surface area contributed by atoms with E-state index in [-0.39, 0.29) is 0 Å². The van der Waals surface area contributed by atoms with Crippen LogP contribution in [0.5, 0.6) is 0 Å². The van der Waals surface area contributed by atoms with Crippen molar-refractivity contribution in [3.8, 4) is 6.07 Å². The van der Waals surface area contributed by atoms with Gasteiger partial charge >= 0.3 is 0 Å². The van der Waals surface area contributed by atoms with Gasteiger partial charge in [-0.3, -0.25) is 0 Å². The van der Waals surface area contributed by atoms with Crippen LogP contribution in [0.3, 0.4) is 0 Å². The summed E-state index contributed by atoms with van der Waals surface area (Å²) in [6.07, 6.45) is 8.18. The van der Waals surface area contributed by atoms with E-state index in [1.54, 1.807) is 0 Å². The zero-order valence-electron chi connectivity index (χ0n) is 9.61. The molecule has 4 heteroatoms. The third-order valence-corrected chi connectivity index (χ3v) is 3.75. The lowest BCUT2D eigenvalue weighted by Crippen LogP contribution is -2.45. The molecule has 2 fully saturated rings. The third kappa shape index (κ3) is 3.08. The topological polar surface area (TPSA) is 39.1 Å². The first kappa shape index (κ1) is 11.7. The first-order valence-electron chi connectivity index (χ1n) is 6.25. The van der Waals surface area contributed by atoms with Gasteiger partial charge < -0.3 is 10.2 Å². The van der Waals surface area contributed by atoms with Crippen molar-refractivity contribution in [2.45, 2.75) is 57.0 Å². The van der Waals surface area contributed by atoms with Crippen LogP contribution in [0.15, 0.2) is 0 Å². The van der Waals surface area contributed by atoms with Crippen LogP contribution in [0.1, 0.15) is 44.9 Å². The maximum absolute atomic E-state index is 8.64. The molecule has 0 heterocycles. The maximum atomic E-state index is 8.64. The Bertz CT molecular complexity index is 287. The van der Waals surface area contributed by atoms with Crippen LogP contribution in [0.2, 0.25) is 0 Å². The number of nitriles is 1. The zero-order valence-corrected chi connectivity index (χ0v) is 10.4. The molecule has 0 spiro atoms. The highest BCUT2D eigenvalue weighted by Gasteiger charge is 2.31. The molecule has 0 atom stereocenters. The Hall–Kier alpha value is -0.820. The van der Waals surface area contributed by atoms with Gasteiger partial charge in [0.15, 0.2) is 5.11 Å². The van der Waals surface area contributed by atoms with Crippen LogP contribution in [0.4, 0.5) is 0 Å². The predicted molar refractivity (Wildman–Crippen MR) is 67.9 cm³/mol. The van der Waals surface area contributed by atoms with Gasteiger partial charge in [-0.05, 0) is 37.9 Å². The van der Waals surface area contributed by atoms with Crippen LogP contribution in [0, 0.1) is 11.3 Å². The van der Waals surface area contributed by atoms with Gasteiger partial charge in [-0.25, -0.2) is 0 Å². The Balaban J connectivity index is 1.81. The fourth-order valence-electron chi connectivity index (χ4n) is 2.33. The van der Waals surface area contributed by atoms with Crippen molar-refractivity contribution in [2.75, 3.05) is 6.54 Å². The molecule has 16 heavy (non-hydrogen) atoms. The molecule has 88 valence electrons. The van der Waals surface area contributed by atoms with Gasteiger partial charge in [-0.2, -0.15) is 5.26 Å². The standard InChI is InChI=1S/C12H19N3S/c13-8-3-9-15(11-6-7-11)12(16)14-10-4-1-2-5-10/h10-11H,1-7,9H2,(H,14,16). The molecule has 3 nitrogen and oxygen atoms in total. The molecule has 2 saturated carbocycles. The number of hydrogen-bond acceptors (Lipinski definition) is 2. The van der Waals surface area contributed by atoms with Crippen molar-refractivity contribution >= 4 is 17.3 Å². The van der Waals surface area contributed by atoms with Gasteiger partial charge in [0.05, 0.1) is 12.5 Å². The van der Waals surface area contributed by atoms with Crippen molar-refractivity contribution in [1.29, 1.82) is 5.26 Å². The van der Waals surface area contributed by atoms with Crippen LogP contribution < -0.4 is 5.32 Å². The Morgan fingerprint density at radius 3 is 2.56 bits per heavy atom. The Morgan fingerprint density at radius 1 is 1.31 bits per heavy atom. The van der Waals surface area contributed by atoms with Crippen molar-refractivity contribution in [1.82, 2.24) is 10.2 Å². The van der Waals surface area contributed by atoms with Crippen LogP contribution >= 0.6 is 12.2 Å². The van der Waals surface area contributed by atoms with Gasteiger partial charge in [0.1, 0.15) is 0 Å². The minimum Gasteiger partial charge on any atom is -0.360 e. The van der Waals surface area contributed by atoms with E-state index < -0.39 is 0 Å². The molecule has 0 unspecified atom stereocenters. The average molecular weight is 237 g/mol. The summed E-state index contributed by atoms with van der Waals surface area (Å²) in [5.74, 6) is 0. The molecule has 1 N–H and O–H groups in total. The summed E-state index contributed by atoms with van der Waals surface area (Å²) in [5.41, 5.74) is 0. The van der Waals surface area contributed by atoms with E-state index in [0.29, 0.717) is 18.5 Å². The Kier molecular flexibility index (Phi) is 4.00. The molecule has 0 aliphatic heterocycles. The number of nitrogens with one attached hydrogen (secondary N) is 1. The van der Waals surface area contributed by atoms with E-state index in [1.165, 1.54) is 38.5 Å². The molecule has 0 bridgehead atoms. The molecular weight excluding hydrogens is 218 g/mol. The minimum absolute atomic E-state index is 0.572. The van der Waals surface area contributed by atoms with Gasteiger partial charge in [0.2, 0.25) is 0 Å². The second kappa shape index (κ2) is 5.49. The minimum atomic E-state index is 0.572. The van der Waals surface area contributed by atoms with E-state index in [9.17, 15) is 0 Å². The molecule has 0 aromatic carbocycles. The molecule has 0 aromatic heterocycles. The predicted octanol–water partition coefficient (Wildman–Crippen LogP) is 2.18. The monoisotopic (exact) mass is 237 g/mol. The first-order valence-corrected chi connectivity index (χ1v) is 6.66. The first-order chi connectivity index (χ1) is 7.81. The van der Waals surface area contributed by atoms with Gasteiger partial charge in [-0.15, -0.1) is 0 Å². The van der Waals surface area contributed by atoms with Gasteiger partial charge in [0.25, 0.3) is 0 Å². The van der Waals surface area contributed by atoms with Gasteiger partial charge in [-0.1, -0.05) is 12.8 Å². The fraction of sp³-hybridized carbons (Fsp3) is 0.833. The van der Waals surface area contributed by atoms with E-state index >= 15 is 0 Å². The van der Waals surface area contributed by atoms with Crippen LogP contribution in [0.25, 0.3) is 0 Å². The molecule has 2 aliphatic rings. The molecular formula is C12H19N3S. The number of thiocarbonyl (C=S) groups is 1. The summed E-state index contributed by atoms with van der Waals surface area (Å²) in [4.78, 5) is 2.22. The van der Waals surface area contributed by atoms with Crippen LogP contribution in [-0.4, -0.2) is 28.6 Å². The summed E-state index contributed by atoms with van der Waals surface area (Å²) < 4.78 is 0. The fourth-order valence-corrected chi connectivity index (χ4v) is 2.74. The molecule has 0 amide bonds. The smallest absolute Gasteiger partial charge is 0.169 e. The second-order valence-electron chi connectivity index (χ2n) is 4.76. The summed E-state index contributed by atoms with van der Waals surface area (Å²) >= 11 is 5.45.